The van der Waals surface area contributed by atoms with E-state index < -0.39 is 24.4 Å². The maximum absolute atomic E-state index is 8.96. The van der Waals surface area contributed by atoms with Gasteiger partial charge in [-0.3, -0.25) is 0 Å². The SMILES string of the molecule is OC1CC[C@@H](O)[C@H](O)C1O. The van der Waals surface area contributed by atoms with Crippen LogP contribution in [0.15, 0.2) is 0 Å². The fourth-order valence-corrected chi connectivity index (χ4v) is 1.14. The lowest BCUT2D eigenvalue weighted by atomic mass is 9.90. The normalized spacial score (nSPS) is 49.2. The third kappa shape index (κ3) is 1.29. The van der Waals surface area contributed by atoms with Gasteiger partial charge >= 0.3 is 0 Å². The topological polar surface area (TPSA) is 80.9 Å². The summed E-state index contributed by atoms with van der Waals surface area (Å²) in [6, 6.07) is 0. The monoisotopic (exact) mass is 148 g/mol. The summed E-state index contributed by atoms with van der Waals surface area (Å²) >= 11 is 0. The van der Waals surface area contributed by atoms with Gasteiger partial charge < -0.3 is 20.4 Å². The van der Waals surface area contributed by atoms with E-state index in [1.807, 2.05) is 0 Å². The second-order valence-corrected chi connectivity index (χ2v) is 2.69. The highest BCUT2D eigenvalue weighted by molar-refractivity contribution is 4.86. The number of aliphatic hydroxyl groups is 4. The Morgan fingerprint density at radius 1 is 0.700 bits per heavy atom. The number of hydrogen-bond acceptors (Lipinski definition) is 4. The highest BCUT2D eigenvalue weighted by atomic mass is 16.4. The van der Waals surface area contributed by atoms with E-state index in [1.165, 1.54) is 0 Å². The summed E-state index contributed by atoms with van der Waals surface area (Å²) in [5.41, 5.74) is 0. The van der Waals surface area contributed by atoms with Crippen LogP contribution in [-0.4, -0.2) is 44.8 Å². The van der Waals surface area contributed by atoms with Gasteiger partial charge in [-0.05, 0) is 12.8 Å². The van der Waals surface area contributed by atoms with Crippen LogP contribution in [0, 0.1) is 0 Å². The number of hydrogen-bond donors (Lipinski definition) is 4. The third-order valence-electron chi connectivity index (χ3n) is 1.90. The molecule has 0 aliphatic heterocycles. The van der Waals surface area contributed by atoms with E-state index >= 15 is 0 Å². The van der Waals surface area contributed by atoms with Gasteiger partial charge in [0.1, 0.15) is 12.2 Å². The molecule has 4 atom stereocenters. The Bertz CT molecular complexity index is 102. The van der Waals surface area contributed by atoms with E-state index in [-0.39, 0.29) is 0 Å². The minimum atomic E-state index is -1.19. The van der Waals surface area contributed by atoms with Gasteiger partial charge in [-0.1, -0.05) is 0 Å². The van der Waals surface area contributed by atoms with E-state index in [1.54, 1.807) is 0 Å². The van der Waals surface area contributed by atoms with E-state index in [2.05, 4.69) is 0 Å². The first-order valence-electron chi connectivity index (χ1n) is 3.35. The summed E-state index contributed by atoms with van der Waals surface area (Å²) in [5.74, 6) is 0. The summed E-state index contributed by atoms with van der Waals surface area (Å²) in [5, 5.41) is 35.8. The Labute approximate surface area is 58.7 Å². The zero-order valence-corrected chi connectivity index (χ0v) is 5.51. The lowest BCUT2D eigenvalue weighted by Crippen LogP contribution is -2.48. The van der Waals surface area contributed by atoms with Gasteiger partial charge in [0.25, 0.3) is 0 Å². The molecule has 4 heteroatoms. The van der Waals surface area contributed by atoms with Crippen molar-refractivity contribution in [3.8, 4) is 0 Å². The van der Waals surface area contributed by atoms with Crippen LogP contribution < -0.4 is 0 Å². The Hall–Kier alpha value is -0.160. The van der Waals surface area contributed by atoms with Crippen LogP contribution in [-0.2, 0) is 0 Å². The van der Waals surface area contributed by atoms with Crippen molar-refractivity contribution in [2.24, 2.45) is 0 Å². The summed E-state index contributed by atoms with van der Waals surface area (Å²) in [6.07, 6.45) is -3.47. The summed E-state index contributed by atoms with van der Waals surface area (Å²) in [7, 11) is 0. The average Bonchev–Trinajstić information content (AvgIpc) is 1.93. The van der Waals surface area contributed by atoms with Crippen LogP contribution in [0.2, 0.25) is 0 Å². The van der Waals surface area contributed by atoms with Gasteiger partial charge in [0.15, 0.2) is 0 Å². The molecular weight excluding hydrogens is 136 g/mol. The average molecular weight is 148 g/mol. The minimum absolute atomic E-state index is 0.347. The summed E-state index contributed by atoms with van der Waals surface area (Å²) in [6.45, 7) is 0. The first-order chi connectivity index (χ1) is 4.63. The van der Waals surface area contributed by atoms with Crippen LogP contribution in [0.4, 0.5) is 0 Å². The minimum Gasteiger partial charge on any atom is -0.390 e. The molecule has 0 bridgehead atoms. The molecule has 0 heterocycles. The maximum Gasteiger partial charge on any atom is 0.108 e. The van der Waals surface area contributed by atoms with E-state index in [4.69, 9.17) is 20.4 Å². The Morgan fingerprint density at radius 2 is 1.00 bits per heavy atom. The molecule has 4 nitrogen and oxygen atoms in total. The molecule has 0 aromatic carbocycles. The largest absolute Gasteiger partial charge is 0.390 e. The third-order valence-corrected chi connectivity index (χ3v) is 1.90. The lowest BCUT2D eigenvalue weighted by Gasteiger charge is -2.31. The molecular formula is C6H12O4. The molecule has 1 saturated carbocycles. The lowest BCUT2D eigenvalue weighted by molar-refractivity contribution is -0.135. The predicted octanol–water partition coefficient (Wildman–Crippen LogP) is -1.78. The molecule has 0 saturated heterocycles. The standard InChI is InChI=1S/C6H12O4/c7-3-1-2-4(8)6(10)5(3)9/h3-10H,1-2H2/t3-,4?,5+,6?/m1/s1. The van der Waals surface area contributed by atoms with Gasteiger partial charge in [-0.15, -0.1) is 0 Å². The van der Waals surface area contributed by atoms with Crippen molar-refractivity contribution in [2.75, 3.05) is 0 Å². The highest BCUT2D eigenvalue weighted by Gasteiger charge is 2.34. The van der Waals surface area contributed by atoms with E-state index in [0.29, 0.717) is 12.8 Å². The molecule has 0 amide bonds. The van der Waals surface area contributed by atoms with Crippen molar-refractivity contribution in [3.05, 3.63) is 0 Å². The predicted molar refractivity (Wildman–Crippen MR) is 33.3 cm³/mol. The molecule has 0 aromatic rings. The molecule has 4 N–H and O–H groups in total. The van der Waals surface area contributed by atoms with Crippen LogP contribution >= 0.6 is 0 Å². The first-order valence-corrected chi connectivity index (χ1v) is 3.35. The number of rotatable bonds is 0. The molecule has 1 aliphatic rings. The van der Waals surface area contributed by atoms with Crippen molar-refractivity contribution in [1.82, 2.24) is 0 Å². The van der Waals surface area contributed by atoms with Crippen molar-refractivity contribution in [1.29, 1.82) is 0 Å². The molecule has 60 valence electrons. The van der Waals surface area contributed by atoms with Crippen molar-refractivity contribution >= 4 is 0 Å². The smallest absolute Gasteiger partial charge is 0.108 e. The van der Waals surface area contributed by atoms with Crippen molar-refractivity contribution in [3.63, 3.8) is 0 Å². The molecule has 0 spiro atoms. The molecule has 0 radical (unpaired) electrons. The van der Waals surface area contributed by atoms with Crippen LogP contribution in [0.5, 0.6) is 0 Å². The van der Waals surface area contributed by atoms with Crippen LogP contribution in [0.25, 0.3) is 0 Å². The number of aliphatic hydroxyl groups excluding tert-OH is 4. The quantitative estimate of drug-likeness (QED) is 0.327. The van der Waals surface area contributed by atoms with Gasteiger partial charge in [0.05, 0.1) is 12.2 Å². The molecule has 10 heavy (non-hydrogen) atoms. The zero-order valence-electron chi connectivity index (χ0n) is 5.51. The highest BCUT2D eigenvalue weighted by Crippen LogP contribution is 2.19. The Morgan fingerprint density at radius 3 is 1.30 bits per heavy atom. The van der Waals surface area contributed by atoms with Gasteiger partial charge in [0.2, 0.25) is 0 Å². The molecule has 1 fully saturated rings. The fourth-order valence-electron chi connectivity index (χ4n) is 1.14. The van der Waals surface area contributed by atoms with Crippen molar-refractivity contribution < 1.29 is 20.4 Å². The van der Waals surface area contributed by atoms with Crippen molar-refractivity contribution in [2.45, 2.75) is 37.3 Å². The molecule has 1 aliphatic carbocycles. The molecule has 2 unspecified atom stereocenters. The fraction of sp³-hybridized carbons (Fsp3) is 1.00. The summed E-state index contributed by atoms with van der Waals surface area (Å²) in [4.78, 5) is 0. The van der Waals surface area contributed by atoms with Gasteiger partial charge in [-0.25, -0.2) is 0 Å². The molecule has 1 rings (SSSR count). The molecule has 0 aromatic heterocycles. The van der Waals surface area contributed by atoms with Gasteiger partial charge in [-0.2, -0.15) is 0 Å². The second-order valence-electron chi connectivity index (χ2n) is 2.69. The second kappa shape index (κ2) is 2.84. The van der Waals surface area contributed by atoms with Gasteiger partial charge in [0, 0.05) is 0 Å². The van der Waals surface area contributed by atoms with Crippen LogP contribution in [0.1, 0.15) is 12.8 Å². The van der Waals surface area contributed by atoms with E-state index in [0.717, 1.165) is 0 Å². The Kier molecular flexibility index (Phi) is 2.25. The first kappa shape index (κ1) is 7.94. The Balaban J connectivity index is 2.52. The van der Waals surface area contributed by atoms with Crippen LogP contribution in [0.3, 0.4) is 0 Å². The summed E-state index contributed by atoms with van der Waals surface area (Å²) < 4.78 is 0. The zero-order chi connectivity index (χ0) is 7.72. The van der Waals surface area contributed by atoms with E-state index in [9.17, 15) is 0 Å². The maximum atomic E-state index is 8.96.